The predicted octanol–water partition coefficient (Wildman–Crippen LogP) is 1.83. The molecule has 14 heavy (non-hydrogen) atoms. The van der Waals surface area contributed by atoms with Gasteiger partial charge in [0.05, 0.1) is 4.70 Å². The number of nitrogens with two attached hydrogens (primary N) is 1. The standard InChI is InChI=1S/C10H9NO2S/c11-6-2-4-7-3-1-5-8-9(7)13-10(12)14-8/h1-5H,6,11H2/b4-2+. The van der Waals surface area contributed by atoms with Crippen molar-refractivity contribution in [2.24, 2.45) is 5.73 Å². The molecule has 0 saturated heterocycles. The Kier molecular flexibility index (Phi) is 2.47. The average molecular weight is 207 g/mol. The molecule has 2 aromatic rings. The lowest BCUT2D eigenvalue weighted by atomic mass is 10.2. The molecule has 0 aliphatic carbocycles. The third kappa shape index (κ3) is 1.62. The Morgan fingerprint density at radius 3 is 3.14 bits per heavy atom. The Morgan fingerprint density at radius 1 is 1.50 bits per heavy atom. The number of para-hydroxylation sites is 1. The van der Waals surface area contributed by atoms with Crippen molar-refractivity contribution in [3.63, 3.8) is 0 Å². The average Bonchev–Trinajstić information content (AvgIpc) is 2.55. The van der Waals surface area contributed by atoms with E-state index >= 15 is 0 Å². The van der Waals surface area contributed by atoms with Crippen molar-refractivity contribution in [3.8, 4) is 0 Å². The van der Waals surface area contributed by atoms with Crippen LogP contribution in [0.4, 0.5) is 0 Å². The highest BCUT2D eigenvalue weighted by Gasteiger charge is 2.04. The van der Waals surface area contributed by atoms with Crippen molar-refractivity contribution in [1.29, 1.82) is 0 Å². The number of rotatable bonds is 2. The van der Waals surface area contributed by atoms with Crippen LogP contribution >= 0.6 is 11.3 Å². The zero-order chi connectivity index (χ0) is 9.97. The van der Waals surface area contributed by atoms with Crippen molar-refractivity contribution in [1.82, 2.24) is 0 Å². The Bertz CT molecular complexity index is 524. The summed E-state index contributed by atoms with van der Waals surface area (Å²) in [7, 11) is 0. The van der Waals surface area contributed by atoms with Crippen molar-refractivity contribution >= 4 is 27.7 Å². The van der Waals surface area contributed by atoms with E-state index in [4.69, 9.17) is 10.2 Å². The van der Waals surface area contributed by atoms with E-state index in [-0.39, 0.29) is 4.94 Å². The summed E-state index contributed by atoms with van der Waals surface area (Å²) in [6.07, 6.45) is 3.68. The van der Waals surface area contributed by atoms with Crippen molar-refractivity contribution in [2.45, 2.75) is 0 Å². The van der Waals surface area contributed by atoms with E-state index in [0.29, 0.717) is 12.1 Å². The molecular weight excluding hydrogens is 198 g/mol. The van der Waals surface area contributed by atoms with Gasteiger partial charge in [0.25, 0.3) is 0 Å². The molecule has 1 heterocycles. The fourth-order valence-electron chi connectivity index (χ4n) is 1.24. The summed E-state index contributed by atoms with van der Waals surface area (Å²) in [6.45, 7) is 0.477. The van der Waals surface area contributed by atoms with Crippen molar-refractivity contribution < 1.29 is 4.42 Å². The topological polar surface area (TPSA) is 56.2 Å². The molecule has 1 aromatic carbocycles. The molecule has 0 spiro atoms. The molecule has 0 aliphatic heterocycles. The summed E-state index contributed by atoms with van der Waals surface area (Å²) < 4.78 is 5.94. The van der Waals surface area contributed by atoms with Gasteiger partial charge in [0.2, 0.25) is 0 Å². The second kappa shape index (κ2) is 3.77. The summed E-state index contributed by atoms with van der Waals surface area (Å²) in [5.41, 5.74) is 6.89. The normalized spacial score (nSPS) is 11.5. The maximum Gasteiger partial charge on any atom is 0.396 e. The molecular formula is C10H9NO2S. The Hall–Kier alpha value is -1.39. The van der Waals surface area contributed by atoms with Crippen LogP contribution in [0.3, 0.4) is 0 Å². The minimum atomic E-state index is -0.270. The maximum absolute atomic E-state index is 11.0. The van der Waals surface area contributed by atoms with Crippen LogP contribution in [0.25, 0.3) is 16.4 Å². The molecule has 0 amide bonds. The van der Waals surface area contributed by atoms with Crippen LogP contribution in [0.1, 0.15) is 5.56 Å². The van der Waals surface area contributed by atoms with Gasteiger partial charge in [-0.25, -0.2) is 4.79 Å². The highest BCUT2D eigenvalue weighted by Crippen LogP contribution is 2.21. The third-order valence-electron chi connectivity index (χ3n) is 1.82. The van der Waals surface area contributed by atoms with Gasteiger partial charge in [0.15, 0.2) is 5.58 Å². The molecule has 0 radical (unpaired) electrons. The smallest absolute Gasteiger partial charge is 0.396 e. The first kappa shape index (κ1) is 9.18. The van der Waals surface area contributed by atoms with Crippen molar-refractivity contribution in [2.75, 3.05) is 6.54 Å². The van der Waals surface area contributed by atoms with Crippen LogP contribution in [0.5, 0.6) is 0 Å². The number of fused-ring (bicyclic) bond motifs is 1. The first-order valence-corrected chi connectivity index (χ1v) is 5.02. The highest BCUT2D eigenvalue weighted by atomic mass is 32.1. The monoisotopic (exact) mass is 207 g/mol. The molecule has 1 aromatic heterocycles. The molecule has 0 unspecified atom stereocenters. The van der Waals surface area contributed by atoms with Gasteiger partial charge in [0.1, 0.15) is 0 Å². The van der Waals surface area contributed by atoms with Gasteiger partial charge < -0.3 is 10.2 Å². The number of hydrogen-bond donors (Lipinski definition) is 1. The van der Waals surface area contributed by atoms with E-state index in [0.717, 1.165) is 21.6 Å². The lowest BCUT2D eigenvalue weighted by Crippen LogP contribution is -1.91. The van der Waals surface area contributed by atoms with Crippen LogP contribution < -0.4 is 10.7 Å². The Balaban J connectivity index is 2.64. The first-order valence-electron chi connectivity index (χ1n) is 4.20. The summed E-state index contributed by atoms with van der Waals surface area (Å²) in [5.74, 6) is 0. The molecule has 2 N–H and O–H groups in total. The van der Waals surface area contributed by atoms with Gasteiger partial charge in [-0.15, -0.1) is 0 Å². The largest absolute Gasteiger partial charge is 0.413 e. The highest BCUT2D eigenvalue weighted by molar-refractivity contribution is 7.16. The summed E-state index contributed by atoms with van der Waals surface area (Å²) >= 11 is 1.11. The molecule has 72 valence electrons. The van der Waals surface area contributed by atoms with Crippen LogP contribution in [0.15, 0.2) is 33.5 Å². The van der Waals surface area contributed by atoms with E-state index in [1.54, 1.807) is 0 Å². The fraction of sp³-hybridized carbons (Fsp3) is 0.100. The second-order valence-electron chi connectivity index (χ2n) is 2.77. The van der Waals surface area contributed by atoms with E-state index < -0.39 is 0 Å². The molecule has 4 heteroatoms. The Labute approximate surface area is 84.5 Å². The van der Waals surface area contributed by atoms with Gasteiger partial charge in [-0.05, 0) is 6.07 Å². The fourth-order valence-corrected chi connectivity index (χ4v) is 1.95. The van der Waals surface area contributed by atoms with Crippen LogP contribution in [0, 0.1) is 0 Å². The molecule has 0 aliphatic rings. The SMILES string of the molecule is NC/C=C/c1cccc2sc(=O)oc12. The second-order valence-corrected chi connectivity index (χ2v) is 3.74. The number of benzene rings is 1. The summed E-state index contributed by atoms with van der Waals surface area (Å²) in [6, 6.07) is 5.65. The minimum absolute atomic E-state index is 0.270. The van der Waals surface area contributed by atoms with E-state index in [1.165, 1.54) is 0 Å². The van der Waals surface area contributed by atoms with Crippen LogP contribution in [0.2, 0.25) is 0 Å². The van der Waals surface area contributed by atoms with E-state index in [1.807, 2.05) is 30.4 Å². The first-order chi connectivity index (χ1) is 6.81. The molecule has 2 rings (SSSR count). The van der Waals surface area contributed by atoms with Gasteiger partial charge in [-0.1, -0.05) is 35.6 Å². The zero-order valence-electron chi connectivity index (χ0n) is 7.40. The van der Waals surface area contributed by atoms with E-state index in [9.17, 15) is 4.79 Å². The molecule has 0 bridgehead atoms. The molecule has 0 saturated carbocycles. The lowest BCUT2D eigenvalue weighted by molar-refractivity contribution is 0.585. The maximum atomic E-state index is 11.0. The van der Waals surface area contributed by atoms with Crippen LogP contribution in [-0.4, -0.2) is 6.54 Å². The zero-order valence-corrected chi connectivity index (χ0v) is 8.21. The summed E-state index contributed by atoms with van der Waals surface area (Å²) in [4.78, 5) is 10.7. The Morgan fingerprint density at radius 2 is 2.36 bits per heavy atom. The predicted molar refractivity (Wildman–Crippen MR) is 58.4 cm³/mol. The van der Waals surface area contributed by atoms with Crippen molar-refractivity contribution in [3.05, 3.63) is 39.6 Å². The molecule has 3 nitrogen and oxygen atoms in total. The minimum Gasteiger partial charge on any atom is -0.413 e. The summed E-state index contributed by atoms with van der Waals surface area (Å²) in [5, 5.41) is 0. The van der Waals surface area contributed by atoms with Crippen LogP contribution in [-0.2, 0) is 0 Å². The van der Waals surface area contributed by atoms with Gasteiger partial charge in [0, 0.05) is 12.1 Å². The third-order valence-corrected chi connectivity index (χ3v) is 2.61. The van der Waals surface area contributed by atoms with Gasteiger partial charge >= 0.3 is 4.94 Å². The molecule has 0 fully saturated rings. The van der Waals surface area contributed by atoms with Gasteiger partial charge in [-0.2, -0.15) is 0 Å². The number of hydrogen-bond acceptors (Lipinski definition) is 4. The lowest BCUT2D eigenvalue weighted by Gasteiger charge is -1.92. The molecule has 0 atom stereocenters. The quantitative estimate of drug-likeness (QED) is 0.817. The van der Waals surface area contributed by atoms with E-state index in [2.05, 4.69) is 0 Å². The van der Waals surface area contributed by atoms with Gasteiger partial charge in [-0.3, -0.25) is 0 Å².